The van der Waals surface area contributed by atoms with Crippen LogP contribution in [0.3, 0.4) is 0 Å². The van der Waals surface area contributed by atoms with Crippen LogP contribution in [0.1, 0.15) is 48.8 Å². The number of hydrogen-bond acceptors (Lipinski definition) is 3. The normalized spacial score (nSPS) is 14.3. The molecule has 0 spiro atoms. The van der Waals surface area contributed by atoms with Crippen molar-refractivity contribution >= 4 is 23.6 Å². The van der Waals surface area contributed by atoms with Gasteiger partial charge in [-0.3, -0.25) is 9.59 Å². The predicted octanol–water partition coefficient (Wildman–Crippen LogP) is 6.15. The van der Waals surface area contributed by atoms with E-state index in [0.29, 0.717) is 17.7 Å². The highest BCUT2D eigenvalue weighted by atomic mass is 32.2. The first-order valence-electron chi connectivity index (χ1n) is 13.1. The molecule has 0 heterocycles. The van der Waals surface area contributed by atoms with Crippen molar-refractivity contribution in [2.24, 2.45) is 0 Å². The molecule has 4 rings (SSSR count). The van der Waals surface area contributed by atoms with Gasteiger partial charge in [0.15, 0.2) is 0 Å². The lowest BCUT2D eigenvalue weighted by molar-refractivity contribution is -0.141. The van der Waals surface area contributed by atoms with E-state index in [4.69, 9.17) is 0 Å². The van der Waals surface area contributed by atoms with Gasteiger partial charge in [0, 0.05) is 42.5 Å². The first kappa shape index (κ1) is 26.9. The second kappa shape index (κ2) is 14.0. The summed E-state index contributed by atoms with van der Waals surface area (Å²) in [4.78, 5) is 28.9. The highest BCUT2D eigenvalue weighted by molar-refractivity contribution is 7.98. The lowest BCUT2D eigenvalue weighted by atomic mass is 10.0. The Balaban J connectivity index is 1.53. The third kappa shape index (κ3) is 8.19. The van der Waals surface area contributed by atoms with Gasteiger partial charge in [-0.2, -0.15) is 11.8 Å². The standard InChI is InChI=1S/C31H35FN2O2S/c32-28-18-10-7-15-26(28)22-34(30(35)19-20-37-23-25-13-5-2-6-14-25)29(21-24-11-3-1-4-12-24)31(36)33-27-16-8-9-17-27/h1-7,10-15,18,27,29H,8-9,16-17,19-23H2,(H,33,36). The van der Waals surface area contributed by atoms with Gasteiger partial charge in [0.05, 0.1) is 0 Å². The SMILES string of the molecule is O=C(NC1CCCC1)C(Cc1ccccc1)N(Cc1ccccc1F)C(=O)CCSCc1ccccc1. The summed E-state index contributed by atoms with van der Waals surface area (Å²) in [6.07, 6.45) is 4.79. The molecule has 4 nitrogen and oxygen atoms in total. The van der Waals surface area contributed by atoms with Gasteiger partial charge in [-0.15, -0.1) is 0 Å². The lowest BCUT2D eigenvalue weighted by Gasteiger charge is -2.32. The van der Waals surface area contributed by atoms with Gasteiger partial charge in [-0.1, -0.05) is 91.7 Å². The van der Waals surface area contributed by atoms with Gasteiger partial charge in [0.25, 0.3) is 0 Å². The Hall–Kier alpha value is -3.12. The summed E-state index contributed by atoms with van der Waals surface area (Å²) in [5.41, 5.74) is 2.60. The average Bonchev–Trinajstić information content (AvgIpc) is 3.43. The van der Waals surface area contributed by atoms with Crippen LogP contribution in [0.2, 0.25) is 0 Å². The van der Waals surface area contributed by atoms with E-state index in [-0.39, 0.29) is 36.6 Å². The fourth-order valence-corrected chi connectivity index (χ4v) is 5.69. The summed E-state index contributed by atoms with van der Waals surface area (Å²) in [5.74, 6) is 0.790. The van der Waals surface area contributed by atoms with E-state index in [1.807, 2.05) is 48.5 Å². The number of halogens is 1. The van der Waals surface area contributed by atoms with Crippen LogP contribution >= 0.6 is 11.8 Å². The molecule has 194 valence electrons. The second-order valence-corrected chi connectivity index (χ2v) is 10.7. The summed E-state index contributed by atoms with van der Waals surface area (Å²) in [6.45, 7) is 0.0600. The summed E-state index contributed by atoms with van der Waals surface area (Å²) in [6, 6.07) is 25.8. The Morgan fingerprint density at radius 3 is 2.19 bits per heavy atom. The minimum atomic E-state index is -0.714. The fourth-order valence-electron chi connectivity index (χ4n) is 4.80. The smallest absolute Gasteiger partial charge is 0.243 e. The number of rotatable bonds is 12. The first-order chi connectivity index (χ1) is 18.1. The number of carbonyl (C=O) groups is 2. The van der Waals surface area contributed by atoms with Crippen LogP contribution in [-0.4, -0.2) is 34.6 Å². The number of amides is 2. The molecule has 0 bridgehead atoms. The Morgan fingerprint density at radius 2 is 1.51 bits per heavy atom. The highest BCUT2D eigenvalue weighted by Gasteiger charge is 2.32. The largest absolute Gasteiger partial charge is 0.352 e. The van der Waals surface area contributed by atoms with Crippen molar-refractivity contribution in [3.63, 3.8) is 0 Å². The number of nitrogens with one attached hydrogen (secondary N) is 1. The summed E-state index contributed by atoms with van der Waals surface area (Å²) >= 11 is 1.69. The second-order valence-electron chi connectivity index (χ2n) is 9.60. The molecule has 1 N–H and O–H groups in total. The quantitative estimate of drug-likeness (QED) is 0.293. The van der Waals surface area contributed by atoms with Crippen LogP contribution in [-0.2, 0) is 28.3 Å². The molecule has 0 aliphatic heterocycles. The predicted molar refractivity (Wildman–Crippen MR) is 149 cm³/mol. The average molecular weight is 519 g/mol. The van der Waals surface area contributed by atoms with Crippen molar-refractivity contribution < 1.29 is 14.0 Å². The molecule has 1 aliphatic carbocycles. The zero-order chi connectivity index (χ0) is 25.9. The topological polar surface area (TPSA) is 49.4 Å². The number of hydrogen-bond donors (Lipinski definition) is 1. The summed E-state index contributed by atoms with van der Waals surface area (Å²) in [5, 5.41) is 3.19. The molecule has 6 heteroatoms. The van der Waals surface area contributed by atoms with Crippen molar-refractivity contribution in [3.8, 4) is 0 Å². The van der Waals surface area contributed by atoms with Crippen LogP contribution in [0.15, 0.2) is 84.9 Å². The van der Waals surface area contributed by atoms with E-state index in [9.17, 15) is 14.0 Å². The van der Waals surface area contributed by atoms with Gasteiger partial charge >= 0.3 is 0 Å². The van der Waals surface area contributed by atoms with Crippen molar-refractivity contribution in [1.29, 1.82) is 0 Å². The summed E-state index contributed by atoms with van der Waals surface area (Å²) < 4.78 is 14.7. The van der Waals surface area contributed by atoms with E-state index >= 15 is 0 Å². The highest BCUT2D eigenvalue weighted by Crippen LogP contribution is 2.22. The molecule has 3 aromatic carbocycles. The Kier molecular flexibility index (Phi) is 10.2. The van der Waals surface area contributed by atoms with E-state index in [2.05, 4.69) is 17.4 Å². The molecule has 3 aromatic rings. The van der Waals surface area contributed by atoms with Gasteiger partial charge in [0.2, 0.25) is 11.8 Å². The zero-order valence-corrected chi connectivity index (χ0v) is 22.0. The van der Waals surface area contributed by atoms with Gasteiger partial charge in [0.1, 0.15) is 11.9 Å². The molecule has 0 aromatic heterocycles. The molecule has 1 atom stereocenters. The Labute approximate surface area is 223 Å². The third-order valence-corrected chi connectivity index (χ3v) is 7.87. The van der Waals surface area contributed by atoms with Crippen LogP contribution in [0.25, 0.3) is 0 Å². The first-order valence-corrected chi connectivity index (χ1v) is 14.2. The summed E-state index contributed by atoms with van der Waals surface area (Å²) in [7, 11) is 0. The maximum absolute atomic E-state index is 14.7. The minimum Gasteiger partial charge on any atom is -0.352 e. The molecule has 0 saturated heterocycles. The van der Waals surface area contributed by atoms with E-state index in [1.165, 1.54) is 11.6 Å². The van der Waals surface area contributed by atoms with Crippen LogP contribution in [0.4, 0.5) is 4.39 Å². The maximum Gasteiger partial charge on any atom is 0.243 e. The minimum absolute atomic E-state index is 0.0600. The maximum atomic E-state index is 14.7. The Bertz CT molecular complexity index is 1140. The van der Waals surface area contributed by atoms with Crippen LogP contribution < -0.4 is 5.32 Å². The van der Waals surface area contributed by atoms with E-state index in [0.717, 1.165) is 37.0 Å². The number of carbonyl (C=O) groups excluding carboxylic acids is 2. The van der Waals surface area contributed by atoms with Gasteiger partial charge in [-0.05, 0) is 30.0 Å². The Morgan fingerprint density at radius 1 is 0.892 bits per heavy atom. The van der Waals surface area contributed by atoms with Crippen molar-refractivity contribution in [1.82, 2.24) is 10.2 Å². The van der Waals surface area contributed by atoms with Crippen molar-refractivity contribution in [2.45, 2.75) is 62.9 Å². The molecule has 37 heavy (non-hydrogen) atoms. The molecule has 0 radical (unpaired) electrons. The van der Waals surface area contributed by atoms with Gasteiger partial charge in [-0.25, -0.2) is 4.39 Å². The van der Waals surface area contributed by atoms with Gasteiger partial charge < -0.3 is 10.2 Å². The molecule has 1 saturated carbocycles. The number of nitrogens with zero attached hydrogens (tertiary/aromatic N) is 1. The van der Waals surface area contributed by atoms with Crippen molar-refractivity contribution in [3.05, 3.63) is 107 Å². The van der Waals surface area contributed by atoms with E-state index in [1.54, 1.807) is 34.9 Å². The molecule has 1 aliphatic rings. The molecule has 2 amide bonds. The number of thioether (sulfide) groups is 1. The lowest BCUT2D eigenvalue weighted by Crippen LogP contribution is -2.52. The molecule has 1 fully saturated rings. The van der Waals surface area contributed by atoms with E-state index < -0.39 is 6.04 Å². The molecular weight excluding hydrogens is 483 g/mol. The zero-order valence-electron chi connectivity index (χ0n) is 21.2. The van der Waals surface area contributed by atoms with Crippen LogP contribution in [0.5, 0.6) is 0 Å². The third-order valence-electron chi connectivity index (χ3n) is 6.84. The molecular formula is C31H35FN2O2S. The number of benzene rings is 3. The molecule has 1 unspecified atom stereocenters. The fraction of sp³-hybridized carbons (Fsp3) is 0.355. The monoisotopic (exact) mass is 518 g/mol. The van der Waals surface area contributed by atoms with Crippen LogP contribution in [0, 0.1) is 5.82 Å². The van der Waals surface area contributed by atoms with Crippen molar-refractivity contribution in [2.75, 3.05) is 5.75 Å².